The number of piperazine rings is 1. The minimum atomic E-state index is -0.0698. The summed E-state index contributed by atoms with van der Waals surface area (Å²) in [5, 5.41) is 4.88. The van der Waals surface area contributed by atoms with Gasteiger partial charge in [-0.1, -0.05) is 48.9 Å². The van der Waals surface area contributed by atoms with Gasteiger partial charge in [-0.05, 0) is 49.4 Å². The van der Waals surface area contributed by atoms with E-state index < -0.39 is 0 Å². The molecule has 0 radical (unpaired) electrons. The minimum absolute atomic E-state index is 0.0698. The molecular formula is C25H28ClN3OS. The molecular weight excluding hydrogens is 426 g/mol. The molecule has 1 atom stereocenters. The summed E-state index contributed by atoms with van der Waals surface area (Å²) in [6.07, 6.45) is 0.939. The highest BCUT2D eigenvalue weighted by molar-refractivity contribution is 7.16. The van der Waals surface area contributed by atoms with Gasteiger partial charge in [0.1, 0.15) is 5.00 Å². The van der Waals surface area contributed by atoms with E-state index in [1.807, 2.05) is 42.5 Å². The fourth-order valence-corrected chi connectivity index (χ4v) is 5.16. The molecule has 1 saturated heterocycles. The van der Waals surface area contributed by atoms with E-state index in [4.69, 9.17) is 11.6 Å². The fraction of sp³-hybridized carbons (Fsp3) is 0.320. The zero-order valence-electron chi connectivity index (χ0n) is 18.0. The van der Waals surface area contributed by atoms with E-state index in [0.717, 1.165) is 48.2 Å². The Labute approximate surface area is 193 Å². The maximum absolute atomic E-state index is 12.9. The van der Waals surface area contributed by atoms with Gasteiger partial charge in [-0.25, -0.2) is 0 Å². The molecule has 1 aliphatic rings. The lowest BCUT2D eigenvalue weighted by Gasteiger charge is -2.38. The van der Waals surface area contributed by atoms with Crippen molar-refractivity contribution in [3.8, 4) is 0 Å². The Morgan fingerprint density at radius 1 is 1.06 bits per heavy atom. The van der Waals surface area contributed by atoms with Crippen molar-refractivity contribution < 1.29 is 4.79 Å². The van der Waals surface area contributed by atoms with Crippen LogP contribution in [0.3, 0.4) is 0 Å². The summed E-state index contributed by atoms with van der Waals surface area (Å²) in [4.78, 5) is 19.1. The minimum Gasteiger partial charge on any atom is -0.313 e. The van der Waals surface area contributed by atoms with Crippen molar-refractivity contribution in [3.63, 3.8) is 0 Å². The standard InChI is InChI=1S/C25H28ClN3OS/c1-3-21-17-22(25(31-21)27-24(30)19-7-5-4-6-8-19)23(18-9-11-20(26)12-10-18)29-15-13-28(2)14-16-29/h4-12,17,23H,3,13-16H2,1-2H3,(H,27,30). The van der Waals surface area contributed by atoms with Crippen LogP contribution in [0.25, 0.3) is 0 Å². The predicted octanol–water partition coefficient (Wildman–Crippen LogP) is 5.55. The average Bonchev–Trinajstić information content (AvgIpc) is 3.19. The molecule has 1 amide bonds. The lowest BCUT2D eigenvalue weighted by molar-refractivity contribution is 0.102. The zero-order chi connectivity index (χ0) is 21.8. The normalized spacial score (nSPS) is 16.2. The van der Waals surface area contributed by atoms with E-state index in [2.05, 4.69) is 47.3 Å². The largest absolute Gasteiger partial charge is 0.313 e. The predicted molar refractivity (Wildman–Crippen MR) is 130 cm³/mol. The monoisotopic (exact) mass is 453 g/mol. The number of nitrogens with one attached hydrogen (secondary N) is 1. The smallest absolute Gasteiger partial charge is 0.256 e. The first-order chi connectivity index (χ1) is 15.0. The molecule has 3 aromatic rings. The number of likely N-dealkylation sites (N-methyl/N-ethyl adjacent to an activating group) is 1. The van der Waals surface area contributed by atoms with Crippen molar-refractivity contribution in [3.05, 3.63) is 87.3 Å². The number of halogens is 1. The van der Waals surface area contributed by atoms with Crippen molar-refractivity contribution in [2.24, 2.45) is 0 Å². The molecule has 0 bridgehead atoms. The number of hydrogen-bond donors (Lipinski definition) is 1. The molecule has 4 nitrogen and oxygen atoms in total. The maximum atomic E-state index is 12.9. The number of anilines is 1. The molecule has 0 aliphatic carbocycles. The zero-order valence-corrected chi connectivity index (χ0v) is 19.5. The van der Waals surface area contributed by atoms with Crippen molar-refractivity contribution >= 4 is 33.8 Å². The number of carbonyl (C=O) groups excluding carboxylic acids is 1. The SMILES string of the molecule is CCc1cc(C(c2ccc(Cl)cc2)N2CCN(C)CC2)c(NC(=O)c2ccccc2)s1. The van der Waals surface area contributed by atoms with Crippen LogP contribution in [-0.2, 0) is 6.42 Å². The highest BCUT2D eigenvalue weighted by atomic mass is 35.5. The molecule has 162 valence electrons. The number of benzene rings is 2. The van der Waals surface area contributed by atoms with E-state index >= 15 is 0 Å². The molecule has 1 fully saturated rings. The first kappa shape index (κ1) is 22.0. The number of rotatable bonds is 6. The van der Waals surface area contributed by atoms with Crippen LogP contribution in [0.5, 0.6) is 0 Å². The van der Waals surface area contributed by atoms with E-state index in [9.17, 15) is 4.79 Å². The van der Waals surface area contributed by atoms with E-state index in [-0.39, 0.29) is 11.9 Å². The maximum Gasteiger partial charge on any atom is 0.256 e. The highest BCUT2D eigenvalue weighted by Crippen LogP contribution is 2.40. The van der Waals surface area contributed by atoms with Crippen LogP contribution >= 0.6 is 22.9 Å². The lowest BCUT2D eigenvalue weighted by Crippen LogP contribution is -2.46. The first-order valence-corrected chi connectivity index (χ1v) is 11.9. The Hall–Kier alpha value is -2.18. The Bertz CT molecular complexity index is 1010. The molecule has 6 heteroatoms. The van der Waals surface area contributed by atoms with Gasteiger partial charge in [-0.3, -0.25) is 9.69 Å². The van der Waals surface area contributed by atoms with Gasteiger partial charge >= 0.3 is 0 Å². The van der Waals surface area contributed by atoms with E-state index in [1.165, 1.54) is 10.4 Å². The molecule has 0 spiro atoms. The van der Waals surface area contributed by atoms with Crippen LogP contribution in [0.15, 0.2) is 60.7 Å². The summed E-state index contributed by atoms with van der Waals surface area (Å²) in [5.41, 5.74) is 3.03. The van der Waals surface area contributed by atoms with Gasteiger partial charge in [-0.15, -0.1) is 11.3 Å². The molecule has 2 heterocycles. The summed E-state index contributed by atoms with van der Waals surface area (Å²) >= 11 is 7.86. The van der Waals surface area contributed by atoms with E-state index in [0.29, 0.717) is 5.56 Å². The number of carbonyl (C=O) groups is 1. The average molecular weight is 454 g/mol. The topological polar surface area (TPSA) is 35.6 Å². The Balaban J connectivity index is 1.72. The Kier molecular flexibility index (Phi) is 7.08. The third-order valence-electron chi connectivity index (χ3n) is 5.81. The van der Waals surface area contributed by atoms with Gasteiger partial charge in [0.25, 0.3) is 5.91 Å². The highest BCUT2D eigenvalue weighted by Gasteiger charge is 2.29. The van der Waals surface area contributed by atoms with Crippen LogP contribution in [-0.4, -0.2) is 48.9 Å². The van der Waals surface area contributed by atoms with E-state index in [1.54, 1.807) is 11.3 Å². The summed E-state index contributed by atoms with van der Waals surface area (Å²) in [6.45, 7) is 6.17. The molecule has 1 unspecified atom stereocenters. The van der Waals surface area contributed by atoms with Gasteiger partial charge in [0.15, 0.2) is 0 Å². The van der Waals surface area contributed by atoms with Gasteiger partial charge in [0.05, 0.1) is 6.04 Å². The van der Waals surface area contributed by atoms with Gasteiger partial charge in [-0.2, -0.15) is 0 Å². The van der Waals surface area contributed by atoms with Crippen LogP contribution in [0.2, 0.25) is 5.02 Å². The molecule has 1 aliphatic heterocycles. The molecule has 1 N–H and O–H groups in total. The number of aryl methyl sites for hydroxylation is 1. The van der Waals surface area contributed by atoms with Crippen LogP contribution in [0.1, 0.15) is 39.3 Å². The summed E-state index contributed by atoms with van der Waals surface area (Å²) < 4.78 is 0. The molecule has 1 aromatic heterocycles. The van der Waals surface area contributed by atoms with Crippen molar-refractivity contribution in [2.45, 2.75) is 19.4 Å². The van der Waals surface area contributed by atoms with Crippen LogP contribution in [0.4, 0.5) is 5.00 Å². The summed E-state index contributed by atoms with van der Waals surface area (Å²) in [5.74, 6) is -0.0698. The number of nitrogens with zero attached hydrogens (tertiary/aromatic N) is 2. The molecule has 31 heavy (non-hydrogen) atoms. The second kappa shape index (κ2) is 9.96. The fourth-order valence-electron chi connectivity index (χ4n) is 4.01. The third-order valence-corrected chi connectivity index (χ3v) is 7.27. The van der Waals surface area contributed by atoms with Gasteiger partial charge in [0, 0.05) is 47.2 Å². The van der Waals surface area contributed by atoms with Gasteiger partial charge in [0.2, 0.25) is 0 Å². The Morgan fingerprint density at radius 2 is 1.74 bits per heavy atom. The summed E-state index contributed by atoms with van der Waals surface area (Å²) in [7, 11) is 2.17. The second-order valence-corrected chi connectivity index (χ2v) is 9.54. The Morgan fingerprint density at radius 3 is 2.39 bits per heavy atom. The number of thiophene rings is 1. The summed E-state index contributed by atoms with van der Waals surface area (Å²) in [6, 6.07) is 19.9. The number of amides is 1. The van der Waals surface area contributed by atoms with Crippen molar-refractivity contribution in [1.82, 2.24) is 9.80 Å². The van der Waals surface area contributed by atoms with Gasteiger partial charge < -0.3 is 10.2 Å². The van der Waals surface area contributed by atoms with Crippen molar-refractivity contribution in [1.29, 1.82) is 0 Å². The number of hydrogen-bond acceptors (Lipinski definition) is 4. The quantitative estimate of drug-likeness (QED) is 0.531. The molecule has 0 saturated carbocycles. The molecule has 2 aromatic carbocycles. The lowest BCUT2D eigenvalue weighted by atomic mass is 9.97. The van der Waals surface area contributed by atoms with Crippen LogP contribution in [0, 0.1) is 0 Å². The van der Waals surface area contributed by atoms with Crippen LogP contribution < -0.4 is 5.32 Å². The third kappa shape index (κ3) is 5.18. The second-order valence-electron chi connectivity index (χ2n) is 7.96. The molecule has 4 rings (SSSR count). The first-order valence-electron chi connectivity index (χ1n) is 10.7. The van der Waals surface area contributed by atoms with Crippen molar-refractivity contribution in [2.75, 3.05) is 38.5 Å².